The molecule has 6 aromatic rings. The average Bonchev–Trinajstić information content (AvgIpc) is 3.23. The van der Waals surface area contributed by atoms with Gasteiger partial charge in [0.05, 0.1) is 23.3 Å². The zero-order valence-electron chi connectivity index (χ0n) is 19.5. The van der Waals surface area contributed by atoms with Crippen molar-refractivity contribution in [1.82, 2.24) is 24.1 Å². The minimum absolute atomic E-state index is 0.161. The summed E-state index contributed by atoms with van der Waals surface area (Å²) in [4.78, 5) is 28.3. The third-order valence-electron chi connectivity index (χ3n) is 6.49. The van der Waals surface area contributed by atoms with Crippen LogP contribution in [0.1, 0.15) is 11.1 Å². The van der Waals surface area contributed by atoms with Crippen LogP contribution in [0.15, 0.2) is 77.9 Å². The van der Waals surface area contributed by atoms with Crippen LogP contribution in [0.5, 0.6) is 11.5 Å². The van der Waals surface area contributed by atoms with Crippen molar-refractivity contribution < 1.29 is 9.47 Å². The molecule has 4 heterocycles. The lowest BCUT2D eigenvalue weighted by Gasteiger charge is -2.19. The molecular weight excluding hydrogens is 454 g/mol. The predicted molar refractivity (Wildman–Crippen MR) is 137 cm³/mol. The summed E-state index contributed by atoms with van der Waals surface area (Å²) in [5.41, 5.74) is 5.86. The minimum atomic E-state index is -0.161. The van der Waals surface area contributed by atoms with Crippen molar-refractivity contribution in [3.05, 3.63) is 94.5 Å². The number of ether oxygens (including phenoxy) is 2. The van der Waals surface area contributed by atoms with Crippen LogP contribution in [0, 0.1) is 6.92 Å². The highest BCUT2D eigenvalue weighted by Crippen LogP contribution is 2.35. The number of benzene rings is 3. The molecule has 8 nitrogen and oxygen atoms in total. The summed E-state index contributed by atoms with van der Waals surface area (Å²) in [6, 6.07) is 21.5. The Bertz CT molecular complexity index is 1850. The molecule has 3 aromatic carbocycles. The van der Waals surface area contributed by atoms with Gasteiger partial charge in [0.2, 0.25) is 0 Å². The Morgan fingerprint density at radius 1 is 0.861 bits per heavy atom. The first-order chi connectivity index (χ1) is 17.7. The first-order valence-corrected chi connectivity index (χ1v) is 11.8. The second-order valence-corrected chi connectivity index (χ2v) is 8.91. The molecule has 0 spiro atoms. The van der Waals surface area contributed by atoms with Crippen molar-refractivity contribution in [2.45, 2.75) is 13.5 Å². The predicted octanol–water partition coefficient (Wildman–Crippen LogP) is 4.41. The lowest BCUT2D eigenvalue weighted by atomic mass is 10.1. The van der Waals surface area contributed by atoms with Gasteiger partial charge in [0.1, 0.15) is 30.4 Å². The quantitative estimate of drug-likeness (QED) is 0.377. The molecule has 0 saturated heterocycles. The van der Waals surface area contributed by atoms with Crippen LogP contribution in [0.2, 0.25) is 0 Å². The van der Waals surface area contributed by atoms with Gasteiger partial charge in [-0.3, -0.25) is 13.9 Å². The highest BCUT2D eigenvalue weighted by molar-refractivity contribution is 6.05. The number of rotatable bonds is 3. The molecule has 0 bridgehead atoms. The molecule has 1 aliphatic rings. The third-order valence-corrected chi connectivity index (χ3v) is 6.49. The zero-order chi connectivity index (χ0) is 24.2. The van der Waals surface area contributed by atoms with E-state index in [1.54, 1.807) is 10.9 Å². The summed E-state index contributed by atoms with van der Waals surface area (Å²) in [5, 5.41) is 0.438. The maximum atomic E-state index is 13.8. The number of aromatic nitrogens is 5. The molecule has 1 aliphatic heterocycles. The van der Waals surface area contributed by atoms with Crippen molar-refractivity contribution >= 4 is 33.2 Å². The molecule has 176 valence electrons. The Hall–Kier alpha value is -4.72. The molecule has 7 rings (SSSR count). The molecule has 3 aromatic heterocycles. The molecular formula is C28H21N5O3. The maximum Gasteiger partial charge on any atom is 0.265 e. The molecule has 0 fully saturated rings. The van der Waals surface area contributed by atoms with Crippen molar-refractivity contribution in [2.75, 3.05) is 13.2 Å². The molecule has 0 radical (unpaired) electrons. The van der Waals surface area contributed by atoms with E-state index in [0.29, 0.717) is 53.5 Å². The van der Waals surface area contributed by atoms with Crippen molar-refractivity contribution in [1.29, 1.82) is 0 Å². The molecule has 0 atom stereocenters. The summed E-state index contributed by atoms with van der Waals surface area (Å²) < 4.78 is 15.0. The number of nitrogens with zero attached hydrogens (tertiary/aromatic N) is 5. The second kappa shape index (κ2) is 7.91. The molecule has 0 aliphatic carbocycles. The van der Waals surface area contributed by atoms with E-state index in [1.165, 1.54) is 5.56 Å². The van der Waals surface area contributed by atoms with Crippen LogP contribution < -0.4 is 15.0 Å². The average molecular weight is 476 g/mol. The van der Waals surface area contributed by atoms with Gasteiger partial charge in [0.15, 0.2) is 22.8 Å². The van der Waals surface area contributed by atoms with E-state index >= 15 is 0 Å². The van der Waals surface area contributed by atoms with Crippen LogP contribution >= 0.6 is 0 Å². The number of aryl methyl sites for hydroxylation is 1. The number of hydrogen-bond acceptors (Lipinski definition) is 6. The van der Waals surface area contributed by atoms with Gasteiger partial charge in [-0.1, -0.05) is 42.0 Å². The second-order valence-electron chi connectivity index (χ2n) is 8.91. The molecule has 0 amide bonds. The Labute approximate surface area is 205 Å². The molecule has 0 unspecified atom stereocenters. The van der Waals surface area contributed by atoms with Gasteiger partial charge in [-0.2, -0.15) is 0 Å². The van der Waals surface area contributed by atoms with E-state index in [9.17, 15) is 4.79 Å². The van der Waals surface area contributed by atoms with Gasteiger partial charge in [-0.25, -0.2) is 15.0 Å². The molecule has 8 heteroatoms. The normalized spacial score (nSPS) is 13.0. The van der Waals surface area contributed by atoms with Gasteiger partial charge >= 0.3 is 0 Å². The fourth-order valence-corrected chi connectivity index (χ4v) is 4.69. The van der Waals surface area contributed by atoms with Gasteiger partial charge in [-0.15, -0.1) is 0 Å². The fraction of sp³-hybridized carbons (Fsp3) is 0.143. The van der Waals surface area contributed by atoms with Crippen LogP contribution in [0.25, 0.3) is 38.9 Å². The molecule has 0 N–H and O–H groups in total. The van der Waals surface area contributed by atoms with E-state index in [2.05, 4.69) is 0 Å². The summed E-state index contributed by atoms with van der Waals surface area (Å²) in [6.45, 7) is 3.45. The van der Waals surface area contributed by atoms with Gasteiger partial charge in [-0.05, 0) is 36.8 Å². The van der Waals surface area contributed by atoms with Crippen LogP contribution in [0.3, 0.4) is 0 Å². The number of para-hydroxylation sites is 2. The molecule has 36 heavy (non-hydrogen) atoms. The fourth-order valence-electron chi connectivity index (χ4n) is 4.69. The summed E-state index contributed by atoms with van der Waals surface area (Å²) >= 11 is 0. The third kappa shape index (κ3) is 3.22. The highest BCUT2D eigenvalue weighted by Gasteiger charge is 2.22. The Kier molecular flexibility index (Phi) is 4.54. The topological polar surface area (TPSA) is 84.1 Å². The van der Waals surface area contributed by atoms with Crippen LogP contribution in [-0.2, 0) is 6.54 Å². The minimum Gasteiger partial charge on any atom is -0.486 e. The standard InChI is InChI=1S/C28H21N5O3/c1-17-6-8-18(9-7-17)15-32-16-29-26-24(28(32)34)25-27(31-21-5-3-2-4-20(21)30-25)33(26)19-10-11-22-23(14-19)36-13-12-35-22/h2-11,14,16H,12-13,15H2,1H3. The van der Waals surface area contributed by atoms with E-state index in [1.807, 2.05) is 78.2 Å². The molecule has 0 saturated carbocycles. The van der Waals surface area contributed by atoms with E-state index in [-0.39, 0.29) is 5.56 Å². The first kappa shape index (κ1) is 20.6. The Balaban J connectivity index is 1.51. The number of hydrogen-bond donors (Lipinski definition) is 0. The zero-order valence-corrected chi connectivity index (χ0v) is 19.5. The van der Waals surface area contributed by atoms with E-state index < -0.39 is 0 Å². The van der Waals surface area contributed by atoms with Crippen LogP contribution in [-0.4, -0.2) is 37.3 Å². The Morgan fingerprint density at radius 3 is 2.42 bits per heavy atom. The van der Waals surface area contributed by atoms with E-state index in [4.69, 9.17) is 24.4 Å². The lowest BCUT2D eigenvalue weighted by molar-refractivity contribution is 0.171. The SMILES string of the molecule is Cc1ccc(Cn2cnc3c(c2=O)c2nc4ccccc4nc2n3-c2ccc3c(c2)OCCO3)cc1. The van der Waals surface area contributed by atoms with Gasteiger partial charge < -0.3 is 9.47 Å². The van der Waals surface area contributed by atoms with Gasteiger partial charge in [0, 0.05) is 6.07 Å². The van der Waals surface area contributed by atoms with Gasteiger partial charge in [0.25, 0.3) is 5.56 Å². The largest absolute Gasteiger partial charge is 0.486 e. The summed E-state index contributed by atoms with van der Waals surface area (Å²) in [6.07, 6.45) is 1.59. The van der Waals surface area contributed by atoms with Crippen molar-refractivity contribution in [3.8, 4) is 17.2 Å². The number of fused-ring (bicyclic) bond motifs is 5. The maximum absolute atomic E-state index is 13.8. The highest BCUT2D eigenvalue weighted by atomic mass is 16.6. The van der Waals surface area contributed by atoms with Crippen molar-refractivity contribution in [2.24, 2.45) is 0 Å². The van der Waals surface area contributed by atoms with Crippen molar-refractivity contribution in [3.63, 3.8) is 0 Å². The first-order valence-electron chi connectivity index (χ1n) is 11.8. The lowest BCUT2D eigenvalue weighted by Crippen LogP contribution is -2.21. The smallest absolute Gasteiger partial charge is 0.265 e. The Morgan fingerprint density at radius 2 is 1.61 bits per heavy atom. The monoisotopic (exact) mass is 475 g/mol. The summed E-state index contributed by atoms with van der Waals surface area (Å²) in [5.74, 6) is 1.34. The van der Waals surface area contributed by atoms with E-state index in [0.717, 1.165) is 22.3 Å². The summed E-state index contributed by atoms with van der Waals surface area (Å²) in [7, 11) is 0. The van der Waals surface area contributed by atoms with Crippen LogP contribution in [0.4, 0.5) is 0 Å².